The summed E-state index contributed by atoms with van der Waals surface area (Å²) in [6.07, 6.45) is 0.563. The number of hydrogen-bond donors (Lipinski definition) is 1. The molecule has 120 valence electrons. The van der Waals surface area contributed by atoms with Gasteiger partial charge in [-0.05, 0) is 24.6 Å². The van der Waals surface area contributed by atoms with Crippen LogP contribution in [0.15, 0.2) is 44.5 Å². The van der Waals surface area contributed by atoms with Gasteiger partial charge in [0, 0.05) is 35.1 Å². The van der Waals surface area contributed by atoms with Crippen LogP contribution in [0.4, 0.5) is 0 Å². The van der Waals surface area contributed by atoms with E-state index in [2.05, 4.69) is 4.99 Å². The fourth-order valence-corrected chi connectivity index (χ4v) is 3.84. The van der Waals surface area contributed by atoms with Gasteiger partial charge in [0.05, 0.1) is 5.71 Å². The summed E-state index contributed by atoms with van der Waals surface area (Å²) in [7, 11) is 0. The Hall–Kier alpha value is -1.72. The van der Waals surface area contributed by atoms with Crippen molar-refractivity contribution in [2.24, 2.45) is 4.99 Å². The van der Waals surface area contributed by atoms with Crippen molar-refractivity contribution in [3.63, 3.8) is 0 Å². The monoisotopic (exact) mass is 349 g/mol. The van der Waals surface area contributed by atoms with Gasteiger partial charge in [0.2, 0.25) is 0 Å². The van der Waals surface area contributed by atoms with Crippen molar-refractivity contribution in [2.45, 2.75) is 18.6 Å². The van der Waals surface area contributed by atoms with Gasteiger partial charge in [0.25, 0.3) is 0 Å². The van der Waals surface area contributed by atoms with Crippen LogP contribution in [-0.2, 0) is 0 Å². The minimum Gasteiger partial charge on any atom is -0.507 e. The molecule has 0 fully saturated rings. The SMILES string of the molecule is Cc1cc(O)c(C2=NCCS[C@H](c3ccc(Cl)cc3)C2)c(=O)o1. The summed E-state index contributed by atoms with van der Waals surface area (Å²) < 4.78 is 5.12. The first kappa shape index (κ1) is 16.1. The molecule has 3 rings (SSSR count). The van der Waals surface area contributed by atoms with Crippen LogP contribution in [-0.4, -0.2) is 23.1 Å². The van der Waals surface area contributed by atoms with E-state index in [9.17, 15) is 9.90 Å². The summed E-state index contributed by atoms with van der Waals surface area (Å²) >= 11 is 7.73. The lowest BCUT2D eigenvalue weighted by atomic mass is 10.0. The van der Waals surface area contributed by atoms with Crippen molar-refractivity contribution in [2.75, 3.05) is 12.3 Å². The second-order valence-electron chi connectivity index (χ2n) is 5.35. The third kappa shape index (κ3) is 3.62. The second-order valence-corrected chi connectivity index (χ2v) is 7.10. The van der Waals surface area contributed by atoms with Crippen LogP contribution in [0.2, 0.25) is 5.02 Å². The molecule has 1 N–H and O–H groups in total. The topological polar surface area (TPSA) is 62.8 Å². The number of benzene rings is 1. The predicted molar refractivity (Wildman–Crippen MR) is 94.1 cm³/mol. The number of hydrogen-bond acceptors (Lipinski definition) is 5. The van der Waals surface area contributed by atoms with E-state index in [0.29, 0.717) is 29.5 Å². The number of aliphatic imine (C=N–C) groups is 1. The van der Waals surface area contributed by atoms with Crippen LogP contribution in [0.5, 0.6) is 5.75 Å². The van der Waals surface area contributed by atoms with E-state index in [0.717, 1.165) is 11.3 Å². The highest BCUT2D eigenvalue weighted by molar-refractivity contribution is 7.99. The normalized spacial score (nSPS) is 18.3. The van der Waals surface area contributed by atoms with Gasteiger partial charge < -0.3 is 9.52 Å². The first-order chi connectivity index (χ1) is 11.0. The molecule has 0 radical (unpaired) electrons. The van der Waals surface area contributed by atoms with Gasteiger partial charge >= 0.3 is 5.63 Å². The Morgan fingerprint density at radius 2 is 2.09 bits per heavy atom. The largest absolute Gasteiger partial charge is 0.507 e. The first-order valence-corrected chi connectivity index (χ1v) is 8.72. The van der Waals surface area contributed by atoms with Crippen LogP contribution in [0, 0.1) is 6.92 Å². The molecular weight excluding hydrogens is 334 g/mol. The average Bonchev–Trinajstić information content (AvgIpc) is 2.73. The van der Waals surface area contributed by atoms with Crippen LogP contribution in [0.1, 0.15) is 28.6 Å². The zero-order valence-corrected chi connectivity index (χ0v) is 14.2. The van der Waals surface area contributed by atoms with Crippen molar-refractivity contribution in [1.82, 2.24) is 0 Å². The van der Waals surface area contributed by atoms with Crippen molar-refractivity contribution in [3.8, 4) is 5.75 Å². The molecule has 1 atom stereocenters. The Balaban J connectivity index is 1.95. The van der Waals surface area contributed by atoms with Gasteiger partial charge in [0.15, 0.2) is 0 Å². The number of aryl methyl sites for hydroxylation is 1. The van der Waals surface area contributed by atoms with Crippen LogP contribution >= 0.6 is 23.4 Å². The Morgan fingerprint density at radius 1 is 1.35 bits per heavy atom. The molecule has 0 spiro atoms. The van der Waals surface area contributed by atoms with E-state index in [-0.39, 0.29) is 16.6 Å². The molecule has 2 heterocycles. The van der Waals surface area contributed by atoms with Crippen molar-refractivity contribution in [1.29, 1.82) is 0 Å². The van der Waals surface area contributed by atoms with E-state index >= 15 is 0 Å². The maximum Gasteiger partial charge on any atom is 0.348 e. The molecular formula is C17H16ClNO3S. The number of nitrogens with zero attached hydrogens (tertiary/aromatic N) is 1. The molecule has 1 aromatic carbocycles. The Bertz CT molecular complexity index is 798. The zero-order valence-electron chi connectivity index (χ0n) is 12.6. The molecule has 23 heavy (non-hydrogen) atoms. The molecule has 0 saturated heterocycles. The van der Waals surface area contributed by atoms with Crippen molar-refractivity contribution >= 4 is 29.1 Å². The highest BCUT2D eigenvalue weighted by Gasteiger charge is 2.23. The maximum absolute atomic E-state index is 12.1. The summed E-state index contributed by atoms with van der Waals surface area (Å²) in [5, 5.41) is 11.0. The Labute approximate surface area is 143 Å². The molecule has 0 saturated carbocycles. The number of rotatable bonds is 2. The zero-order chi connectivity index (χ0) is 16.4. The van der Waals surface area contributed by atoms with E-state index < -0.39 is 5.63 Å². The lowest BCUT2D eigenvalue weighted by Crippen LogP contribution is -2.17. The average molecular weight is 350 g/mol. The van der Waals surface area contributed by atoms with Crippen LogP contribution in [0.3, 0.4) is 0 Å². The summed E-state index contributed by atoms with van der Waals surface area (Å²) in [6, 6.07) is 9.14. The lowest BCUT2D eigenvalue weighted by Gasteiger charge is -2.15. The van der Waals surface area contributed by atoms with Gasteiger partial charge in [0.1, 0.15) is 17.1 Å². The summed E-state index contributed by atoms with van der Waals surface area (Å²) in [4.78, 5) is 16.6. The van der Waals surface area contributed by atoms with E-state index in [1.807, 2.05) is 24.3 Å². The van der Waals surface area contributed by atoms with Gasteiger partial charge in [-0.2, -0.15) is 11.8 Å². The number of thioether (sulfide) groups is 1. The highest BCUT2D eigenvalue weighted by atomic mass is 35.5. The third-order valence-corrected chi connectivity index (χ3v) is 5.19. The standard InChI is InChI=1S/C17H16ClNO3S/c1-10-8-14(20)16(17(21)22-10)13-9-15(23-7-6-19-13)11-2-4-12(18)5-3-11/h2-5,8,15,20H,6-7,9H2,1H3/t15-/m0/s1. The van der Waals surface area contributed by atoms with E-state index in [4.69, 9.17) is 16.0 Å². The first-order valence-electron chi connectivity index (χ1n) is 7.29. The Kier molecular flexibility index (Phi) is 4.78. The number of aromatic hydroxyl groups is 1. The molecule has 4 nitrogen and oxygen atoms in total. The van der Waals surface area contributed by atoms with Crippen molar-refractivity contribution < 1.29 is 9.52 Å². The number of halogens is 1. The maximum atomic E-state index is 12.1. The van der Waals surface area contributed by atoms with Gasteiger partial charge in [-0.15, -0.1) is 0 Å². The third-order valence-electron chi connectivity index (χ3n) is 3.68. The highest BCUT2D eigenvalue weighted by Crippen LogP contribution is 2.36. The van der Waals surface area contributed by atoms with E-state index in [1.165, 1.54) is 6.07 Å². The van der Waals surface area contributed by atoms with Gasteiger partial charge in [-0.1, -0.05) is 23.7 Å². The summed E-state index contributed by atoms with van der Waals surface area (Å²) in [6.45, 7) is 2.24. The fraction of sp³-hybridized carbons (Fsp3) is 0.294. The minimum atomic E-state index is -0.539. The van der Waals surface area contributed by atoms with Crippen LogP contribution in [0.25, 0.3) is 0 Å². The second kappa shape index (κ2) is 6.81. The lowest BCUT2D eigenvalue weighted by molar-refractivity contribution is 0.432. The van der Waals surface area contributed by atoms with E-state index in [1.54, 1.807) is 18.7 Å². The minimum absolute atomic E-state index is 0.0701. The molecule has 0 bridgehead atoms. The van der Waals surface area contributed by atoms with Crippen molar-refractivity contribution in [3.05, 3.63) is 62.7 Å². The molecule has 1 aliphatic heterocycles. The molecule has 1 aliphatic rings. The quantitative estimate of drug-likeness (QED) is 0.890. The molecule has 0 amide bonds. The molecule has 6 heteroatoms. The van der Waals surface area contributed by atoms with Gasteiger partial charge in [-0.3, -0.25) is 4.99 Å². The van der Waals surface area contributed by atoms with Crippen LogP contribution < -0.4 is 5.63 Å². The van der Waals surface area contributed by atoms with Gasteiger partial charge in [-0.25, -0.2) is 4.79 Å². The Morgan fingerprint density at radius 3 is 2.78 bits per heavy atom. The summed E-state index contributed by atoms with van der Waals surface area (Å²) in [5.41, 5.74) is 1.37. The smallest absolute Gasteiger partial charge is 0.348 e. The summed E-state index contributed by atoms with van der Waals surface area (Å²) in [5.74, 6) is 1.17. The predicted octanol–water partition coefficient (Wildman–Crippen LogP) is 3.97. The molecule has 0 unspecified atom stereocenters. The molecule has 1 aromatic heterocycles. The molecule has 2 aromatic rings. The molecule has 0 aliphatic carbocycles. The fourth-order valence-electron chi connectivity index (χ4n) is 2.61.